The van der Waals surface area contributed by atoms with E-state index >= 15 is 0 Å². The van der Waals surface area contributed by atoms with E-state index in [9.17, 15) is 13.2 Å². The van der Waals surface area contributed by atoms with Crippen molar-refractivity contribution in [3.05, 3.63) is 29.8 Å². The van der Waals surface area contributed by atoms with Crippen LogP contribution in [-0.2, 0) is 26.0 Å². The molecule has 0 heterocycles. The highest BCUT2D eigenvalue weighted by Crippen LogP contribution is 2.13. The van der Waals surface area contributed by atoms with Crippen LogP contribution in [0.25, 0.3) is 0 Å². The zero-order valence-electron chi connectivity index (χ0n) is 12.0. The third kappa shape index (κ3) is 5.17. The van der Waals surface area contributed by atoms with Crippen molar-refractivity contribution in [2.45, 2.75) is 37.1 Å². The van der Waals surface area contributed by atoms with Gasteiger partial charge in [-0.05, 0) is 24.1 Å². The second-order valence-electron chi connectivity index (χ2n) is 4.49. The Morgan fingerprint density at radius 2 is 2.00 bits per heavy atom. The molecule has 7 heteroatoms. The first-order chi connectivity index (χ1) is 9.92. The van der Waals surface area contributed by atoms with Crippen LogP contribution in [0.15, 0.2) is 29.2 Å². The van der Waals surface area contributed by atoms with Gasteiger partial charge in [0, 0.05) is 6.04 Å². The number of nitrogens with one attached hydrogen (secondary N) is 1. The van der Waals surface area contributed by atoms with E-state index < -0.39 is 16.1 Å². The maximum absolute atomic E-state index is 12.2. The summed E-state index contributed by atoms with van der Waals surface area (Å²) in [5.41, 5.74) is 0.671. The number of ether oxygens (including phenoxy) is 1. The summed E-state index contributed by atoms with van der Waals surface area (Å²) >= 11 is 0. The van der Waals surface area contributed by atoms with Crippen molar-refractivity contribution in [3.63, 3.8) is 0 Å². The fourth-order valence-electron chi connectivity index (χ4n) is 1.69. The minimum atomic E-state index is -3.66. The van der Waals surface area contributed by atoms with E-state index in [0.717, 1.165) is 0 Å². The molecule has 0 radical (unpaired) electrons. The first-order valence-corrected chi connectivity index (χ1v) is 7.96. The number of hydrogen-bond donors (Lipinski definition) is 1. The molecular weight excluding hydrogens is 292 g/mol. The van der Waals surface area contributed by atoms with Gasteiger partial charge in [-0.25, -0.2) is 13.1 Å². The summed E-state index contributed by atoms with van der Waals surface area (Å²) in [7, 11) is -2.37. The van der Waals surface area contributed by atoms with Gasteiger partial charge in [0.25, 0.3) is 0 Å². The summed E-state index contributed by atoms with van der Waals surface area (Å²) in [4.78, 5) is 11.2. The zero-order chi connectivity index (χ0) is 15.9. The van der Waals surface area contributed by atoms with Crippen molar-refractivity contribution >= 4 is 16.0 Å². The van der Waals surface area contributed by atoms with E-state index in [4.69, 9.17) is 5.26 Å². The molecule has 6 nitrogen and oxygen atoms in total. The van der Waals surface area contributed by atoms with Gasteiger partial charge >= 0.3 is 5.97 Å². The summed E-state index contributed by atoms with van der Waals surface area (Å²) in [5.74, 6) is -0.385. The molecule has 1 unspecified atom stereocenters. The molecule has 1 rings (SSSR count). The van der Waals surface area contributed by atoms with Gasteiger partial charge in [0.05, 0.1) is 30.9 Å². The minimum absolute atomic E-state index is 0.0935. The topological polar surface area (TPSA) is 96.3 Å². The van der Waals surface area contributed by atoms with Crippen molar-refractivity contribution in [2.75, 3.05) is 7.11 Å². The Hall–Kier alpha value is -1.91. The van der Waals surface area contributed by atoms with Crippen LogP contribution < -0.4 is 4.72 Å². The standard InChI is InChI=1S/C14H18N2O4S/c1-3-12(8-9-15)16-21(18,19)13-6-4-11(5-7-13)10-14(17)20-2/h4-7,12,16H,3,8,10H2,1-2H3. The van der Waals surface area contributed by atoms with Gasteiger partial charge in [0.2, 0.25) is 10.0 Å². The molecule has 0 bridgehead atoms. The number of methoxy groups -OCH3 is 1. The molecule has 1 aromatic carbocycles. The van der Waals surface area contributed by atoms with Gasteiger partial charge in [-0.3, -0.25) is 4.79 Å². The lowest BCUT2D eigenvalue weighted by Crippen LogP contribution is -2.34. The molecular formula is C14H18N2O4S. The van der Waals surface area contributed by atoms with Crippen molar-refractivity contribution < 1.29 is 17.9 Å². The Labute approximate surface area is 124 Å². The van der Waals surface area contributed by atoms with Crippen molar-refractivity contribution in [3.8, 4) is 6.07 Å². The molecule has 0 aliphatic rings. The van der Waals surface area contributed by atoms with Crippen LogP contribution in [0.3, 0.4) is 0 Å². The number of rotatable bonds is 7. The molecule has 1 aromatic rings. The second kappa shape index (κ2) is 7.76. The lowest BCUT2D eigenvalue weighted by atomic mass is 10.2. The lowest BCUT2D eigenvalue weighted by Gasteiger charge is -2.14. The van der Waals surface area contributed by atoms with Gasteiger partial charge in [0.1, 0.15) is 0 Å². The quantitative estimate of drug-likeness (QED) is 0.767. The van der Waals surface area contributed by atoms with E-state index in [1.165, 1.54) is 19.2 Å². The van der Waals surface area contributed by atoms with Crippen LogP contribution >= 0.6 is 0 Å². The Balaban J connectivity index is 2.85. The molecule has 114 valence electrons. The van der Waals surface area contributed by atoms with Crippen molar-refractivity contribution in [1.82, 2.24) is 4.72 Å². The van der Waals surface area contributed by atoms with Crippen LogP contribution in [0, 0.1) is 11.3 Å². The average Bonchev–Trinajstić information content (AvgIpc) is 2.47. The molecule has 0 saturated carbocycles. The van der Waals surface area contributed by atoms with E-state index in [-0.39, 0.29) is 23.7 Å². The number of nitriles is 1. The minimum Gasteiger partial charge on any atom is -0.469 e. The van der Waals surface area contributed by atoms with Gasteiger partial charge in [-0.2, -0.15) is 5.26 Å². The Morgan fingerprint density at radius 3 is 2.48 bits per heavy atom. The van der Waals surface area contributed by atoms with Gasteiger partial charge in [-0.1, -0.05) is 19.1 Å². The predicted molar refractivity (Wildman–Crippen MR) is 76.8 cm³/mol. The molecule has 0 aliphatic heterocycles. The van der Waals surface area contributed by atoms with Gasteiger partial charge in [0.15, 0.2) is 0 Å². The van der Waals surface area contributed by atoms with Gasteiger partial charge < -0.3 is 4.74 Å². The van der Waals surface area contributed by atoms with Crippen LogP contribution in [0.5, 0.6) is 0 Å². The number of esters is 1. The normalized spacial score (nSPS) is 12.4. The number of sulfonamides is 1. The summed E-state index contributed by atoms with van der Waals surface area (Å²) < 4.78 is 31.3. The first kappa shape index (κ1) is 17.1. The molecule has 0 amide bonds. The first-order valence-electron chi connectivity index (χ1n) is 6.48. The Bertz CT molecular complexity index is 617. The molecule has 0 fully saturated rings. The third-order valence-electron chi connectivity index (χ3n) is 2.96. The predicted octanol–water partition coefficient (Wildman–Crippen LogP) is 1.37. The summed E-state index contributed by atoms with van der Waals surface area (Å²) in [5, 5.41) is 8.65. The number of benzene rings is 1. The Kier molecular flexibility index (Phi) is 6.34. The molecule has 21 heavy (non-hydrogen) atoms. The number of hydrogen-bond acceptors (Lipinski definition) is 5. The Morgan fingerprint density at radius 1 is 1.38 bits per heavy atom. The largest absolute Gasteiger partial charge is 0.469 e. The van der Waals surface area contributed by atoms with Crippen LogP contribution in [0.4, 0.5) is 0 Å². The molecule has 0 saturated heterocycles. The summed E-state index contributed by atoms with van der Waals surface area (Å²) in [6.45, 7) is 1.81. The van der Waals surface area contributed by atoms with Crippen LogP contribution in [0.1, 0.15) is 25.3 Å². The molecule has 0 aromatic heterocycles. The van der Waals surface area contributed by atoms with E-state index in [0.29, 0.717) is 12.0 Å². The smallest absolute Gasteiger partial charge is 0.309 e. The van der Waals surface area contributed by atoms with Gasteiger partial charge in [-0.15, -0.1) is 0 Å². The highest BCUT2D eigenvalue weighted by Gasteiger charge is 2.18. The highest BCUT2D eigenvalue weighted by molar-refractivity contribution is 7.89. The number of nitrogens with zero attached hydrogens (tertiary/aromatic N) is 1. The third-order valence-corrected chi connectivity index (χ3v) is 4.50. The lowest BCUT2D eigenvalue weighted by molar-refractivity contribution is -0.139. The fourth-order valence-corrected chi connectivity index (χ4v) is 3.01. The molecule has 0 aliphatic carbocycles. The zero-order valence-corrected chi connectivity index (χ0v) is 12.8. The van der Waals surface area contributed by atoms with Crippen molar-refractivity contribution in [1.29, 1.82) is 5.26 Å². The summed E-state index contributed by atoms with van der Waals surface area (Å²) in [6, 6.07) is 7.54. The maximum Gasteiger partial charge on any atom is 0.309 e. The molecule has 1 N–H and O–H groups in total. The van der Waals surface area contributed by atoms with E-state index in [2.05, 4.69) is 9.46 Å². The number of carbonyl (C=O) groups is 1. The SMILES string of the molecule is CCC(CC#N)NS(=O)(=O)c1ccc(CC(=O)OC)cc1. The number of carbonyl (C=O) groups excluding carboxylic acids is 1. The highest BCUT2D eigenvalue weighted by atomic mass is 32.2. The fraction of sp³-hybridized carbons (Fsp3) is 0.429. The average molecular weight is 310 g/mol. The van der Waals surface area contributed by atoms with Crippen LogP contribution in [0.2, 0.25) is 0 Å². The van der Waals surface area contributed by atoms with Crippen LogP contribution in [-0.4, -0.2) is 27.5 Å². The summed E-state index contributed by atoms with van der Waals surface area (Å²) in [6.07, 6.45) is 0.750. The van der Waals surface area contributed by atoms with E-state index in [1.807, 2.05) is 13.0 Å². The molecule has 0 spiro atoms. The molecule has 1 atom stereocenters. The second-order valence-corrected chi connectivity index (χ2v) is 6.20. The van der Waals surface area contributed by atoms with E-state index in [1.54, 1.807) is 12.1 Å². The monoisotopic (exact) mass is 310 g/mol. The maximum atomic E-state index is 12.2. The van der Waals surface area contributed by atoms with Crippen molar-refractivity contribution in [2.24, 2.45) is 0 Å².